The monoisotopic (exact) mass is 472 g/mol. The van der Waals surface area contributed by atoms with Gasteiger partial charge in [0.15, 0.2) is 5.82 Å². The maximum atomic E-state index is 12.2. The van der Waals surface area contributed by atoms with Crippen molar-refractivity contribution < 1.29 is 14.7 Å². The van der Waals surface area contributed by atoms with Gasteiger partial charge in [0, 0.05) is 29.0 Å². The van der Waals surface area contributed by atoms with Gasteiger partial charge < -0.3 is 26.8 Å². The second kappa shape index (κ2) is 10.8. The van der Waals surface area contributed by atoms with Gasteiger partial charge in [-0.25, -0.2) is 14.8 Å². The van der Waals surface area contributed by atoms with E-state index in [1.54, 1.807) is 36.4 Å². The van der Waals surface area contributed by atoms with Crippen molar-refractivity contribution in [2.24, 2.45) is 5.73 Å². The van der Waals surface area contributed by atoms with Crippen molar-refractivity contribution in [1.82, 2.24) is 9.97 Å². The first kappa shape index (κ1) is 23.3. The topological polar surface area (TPSA) is 142 Å². The van der Waals surface area contributed by atoms with E-state index in [0.29, 0.717) is 50.7 Å². The van der Waals surface area contributed by atoms with E-state index in [1.165, 1.54) is 23.9 Å². The third-order valence-corrected chi connectivity index (χ3v) is 5.44. The molecule has 2 aromatic carbocycles. The number of nitrogens with two attached hydrogens (primary N) is 1. The number of aromatic nitrogens is 2. The number of nitrogens with one attached hydrogen (secondary N) is 3. The molecule has 6 N–H and O–H groups in total. The van der Waals surface area contributed by atoms with Crippen LogP contribution in [0.2, 0.25) is 5.15 Å². The van der Waals surface area contributed by atoms with Crippen LogP contribution >= 0.6 is 23.4 Å². The van der Waals surface area contributed by atoms with Crippen molar-refractivity contribution >= 4 is 52.5 Å². The molecule has 1 aromatic heterocycles. The Balaban J connectivity index is 1.70. The fraction of sp³-hybridized carbons (Fsp3) is 0.143. The lowest BCUT2D eigenvalue weighted by atomic mass is 10.2. The highest BCUT2D eigenvalue weighted by atomic mass is 35.5. The Morgan fingerprint density at radius 3 is 2.16 bits per heavy atom. The molecule has 0 bridgehead atoms. The quantitative estimate of drug-likeness (QED) is 0.248. The molecule has 0 aliphatic heterocycles. The molecule has 0 unspecified atom stereocenters. The summed E-state index contributed by atoms with van der Waals surface area (Å²) in [4.78, 5) is 32.9. The number of halogens is 1. The molecule has 3 aromatic rings. The number of nitrogens with zero attached hydrogens (tertiary/aromatic N) is 2. The number of aliphatic hydroxyl groups excluding tert-OH is 1. The molecule has 3 rings (SSSR count). The summed E-state index contributed by atoms with van der Waals surface area (Å²) >= 11 is 7.71. The van der Waals surface area contributed by atoms with Gasteiger partial charge in [-0.05, 0) is 54.8 Å². The predicted molar refractivity (Wildman–Crippen MR) is 127 cm³/mol. The van der Waals surface area contributed by atoms with Gasteiger partial charge in [0.05, 0.1) is 11.5 Å². The van der Waals surface area contributed by atoms with Crippen molar-refractivity contribution in [1.29, 1.82) is 0 Å². The summed E-state index contributed by atoms with van der Waals surface area (Å²) in [6.45, 7) is 0.298. The van der Waals surface area contributed by atoms with E-state index < -0.39 is 11.9 Å². The van der Waals surface area contributed by atoms with E-state index in [1.807, 2.05) is 6.26 Å². The number of carbonyl (C=O) groups is 2. The number of amides is 3. The standard InChI is InChI=1S/C21H21ClN6O3S/c1-32-16-17(22)27-19(28-20(16)24-10-11-29)13-4-8-15(9-5-13)26-21(31)25-14-6-2-12(3-7-14)18(23)30/h2-9,29H,10-11H2,1H3,(H2,23,30)(H,24,27,28)(H2,25,26,31). The zero-order chi connectivity index (χ0) is 23.1. The summed E-state index contributed by atoms with van der Waals surface area (Å²) in [6, 6.07) is 12.7. The molecule has 166 valence electrons. The lowest BCUT2D eigenvalue weighted by Crippen LogP contribution is -2.19. The van der Waals surface area contributed by atoms with Crippen LogP contribution in [-0.4, -0.2) is 46.4 Å². The minimum atomic E-state index is -0.536. The van der Waals surface area contributed by atoms with Gasteiger partial charge in [-0.2, -0.15) is 0 Å². The van der Waals surface area contributed by atoms with E-state index in [4.69, 9.17) is 22.4 Å². The normalized spacial score (nSPS) is 10.5. The molecular formula is C21H21ClN6O3S. The molecule has 0 saturated heterocycles. The Labute approximate surface area is 193 Å². The number of urea groups is 1. The molecule has 0 aliphatic rings. The van der Waals surface area contributed by atoms with Crippen LogP contribution in [0.1, 0.15) is 10.4 Å². The molecule has 0 spiro atoms. The second-order valence-corrected chi connectivity index (χ2v) is 7.64. The van der Waals surface area contributed by atoms with Crippen molar-refractivity contribution in [2.45, 2.75) is 4.90 Å². The second-order valence-electron chi connectivity index (χ2n) is 6.47. The maximum Gasteiger partial charge on any atom is 0.323 e. The Hall–Kier alpha value is -3.34. The summed E-state index contributed by atoms with van der Waals surface area (Å²) in [5.74, 6) is 0.426. The lowest BCUT2D eigenvalue weighted by Gasteiger charge is -2.12. The van der Waals surface area contributed by atoms with Crippen LogP contribution in [0.15, 0.2) is 53.4 Å². The highest BCUT2D eigenvalue weighted by Gasteiger charge is 2.14. The third-order valence-electron chi connectivity index (χ3n) is 4.26. The van der Waals surface area contributed by atoms with E-state index >= 15 is 0 Å². The number of anilines is 3. The molecule has 3 amide bonds. The predicted octanol–water partition coefficient (Wildman–Crippen LogP) is 3.67. The average molecular weight is 473 g/mol. The van der Waals surface area contributed by atoms with Crippen molar-refractivity contribution in [3.8, 4) is 11.4 Å². The first-order valence-electron chi connectivity index (χ1n) is 9.46. The lowest BCUT2D eigenvalue weighted by molar-refractivity contribution is 0.100. The molecule has 0 fully saturated rings. The van der Waals surface area contributed by atoms with E-state index in [2.05, 4.69) is 25.9 Å². The van der Waals surface area contributed by atoms with Gasteiger partial charge in [0.1, 0.15) is 11.0 Å². The number of hydrogen-bond donors (Lipinski definition) is 5. The fourth-order valence-corrected chi connectivity index (χ4v) is 3.67. The van der Waals surface area contributed by atoms with Crippen LogP contribution < -0.4 is 21.7 Å². The minimum Gasteiger partial charge on any atom is -0.395 e. The number of thioether (sulfide) groups is 1. The van der Waals surface area contributed by atoms with Gasteiger partial charge in [-0.3, -0.25) is 4.79 Å². The first-order chi connectivity index (χ1) is 15.4. The van der Waals surface area contributed by atoms with Crippen LogP contribution in [0, 0.1) is 0 Å². The molecule has 0 atom stereocenters. The molecule has 0 radical (unpaired) electrons. The van der Waals surface area contributed by atoms with Crippen LogP contribution in [0.3, 0.4) is 0 Å². The van der Waals surface area contributed by atoms with Gasteiger partial charge in [-0.1, -0.05) is 11.6 Å². The molecule has 0 saturated carbocycles. The van der Waals surface area contributed by atoms with Crippen LogP contribution in [0.5, 0.6) is 0 Å². The van der Waals surface area contributed by atoms with Gasteiger partial charge in [0.25, 0.3) is 0 Å². The summed E-state index contributed by atoms with van der Waals surface area (Å²) < 4.78 is 0. The minimum absolute atomic E-state index is 0.0392. The van der Waals surface area contributed by atoms with Crippen molar-refractivity contribution in [2.75, 3.05) is 35.4 Å². The zero-order valence-corrected chi connectivity index (χ0v) is 18.6. The van der Waals surface area contributed by atoms with E-state index in [9.17, 15) is 9.59 Å². The molecule has 9 nitrogen and oxygen atoms in total. The molecule has 0 aliphatic carbocycles. The highest BCUT2D eigenvalue weighted by Crippen LogP contribution is 2.32. The summed E-state index contributed by atoms with van der Waals surface area (Å²) in [5.41, 5.74) is 7.35. The maximum absolute atomic E-state index is 12.2. The van der Waals surface area contributed by atoms with Crippen LogP contribution in [0.4, 0.5) is 22.0 Å². The van der Waals surface area contributed by atoms with Gasteiger partial charge in [0.2, 0.25) is 5.91 Å². The molecule has 1 heterocycles. The van der Waals surface area contributed by atoms with Crippen molar-refractivity contribution in [3.63, 3.8) is 0 Å². The highest BCUT2D eigenvalue weighted by molar-refractivity contribution is 7.98. The average Bonchev–Trinajstić information content (AvgIpc) is 2.78. The Bertz CT molecular complexity index is 1110. The number of hydrogen-bond acceptors (Lipinski definition) is 7. The SMILES string of the molecule is CSc1c(Cl)nc(-c2ccc(NC(=O)Nc3ccc(C(N)=O)cc3)cc2)nc1NCCO. The summed E-state index contributed by atoms with van der Waals surface area (Å²) in [6.07, 6.45) is 1.87. The number of carbonyl (C=O) groups excluding carboxylic acids is 2. The van der Waals surface area contributed by atoms with Crippen LogP contribution in [0.25, 0.3) is 11.4 Å². The van der Waals surface area contributed by atoms with Crippen LogP contribution in [-0.2, 0) is 0 Å². The number of benzene rings is 2. The van der Waals surface area contributed by atoms with Crippen molar-refractivity contribution in [3.05, 3.63) is 59.2 Å². The summed E-state index contributed by atoms with van der Waals surface area (Å²) in [7, 11) is 0. The largest absolute Gasteiger partial charge is 0.395 e. The van der Waals surface area contributed by atoms with Gasteiger partial charge in [-0.15, -0.1) is 11.8 Å². The fourth-order valence-electron chi connectivity index (χ4n) is 2.74. The Kier molecular flexibility index (Phi) is 7.87. The van der Waals surface area contributed by atoms with E-state index in [-0.39, 0.29) is 6.61 Å². The Morgan fingerprint density at radius 1 is 1.03 bits per heavy atom. The Morgan fingerprint density at radius 2 is 1.62 bits per heavy atom. The number of primary amides is 1. The van der Waals surface area contributed by atoms with E-state index in [0.717, 1.165) is 0 Å². The smallest absolute Gasteiger partial charge is 0.323 e. The first-order valence-corrected chi connectivity index (χ1v) is 11.1. The molecule has 11 heteroatoms. The zero-order valence-electron chi connectivity index (χ0n) is 17.1. The third kappa shape index (κ3) is 5.88. The number of rotatable bonds is 8. The van der Waals surface area contributed by atoms with Gasteiger partial charge >= 0.3 is 6.03 Å². The number of aliphatic hydroxyl groups is 1. The molecular weight excluding hydrogens is 452 g/mol. The molecule has 32 heavy (non-hydrogen) atoms. The summed E-state index contributed by atoms with van der Waals surface area (Å²) in [5, 5.41) is 17.8.